The van der Waals surface area contributed by atoms with Gasteiger partial charge in [0.1, 0.15) is 12.5 Å². The fraction of sp³-hybridized carbons (Fsp3) is 0.238. The molecule has 1 amide bonds. The number of carbonyl (C=O) groups is 1. The Labute approximate surface area is 165 Å². The summed E-state index contributed by atoms with van der Waals surface area (Å²) in [5, 5.41) is 8.97. The van der Waals surface area contributed by atoms with Crippen LogP contribution < -0.4 is 9.80 Å². The summed E-state index contributed by atoms with van der Waals surface area (Å²) in [6.07, 6.45) is -4.79. The van der Waals surface area contributed by atoms with Crippen LogP contribution in [0.1, 0.15) is 23.6 Å². The number of nitriles is 1. The van der Waals surface area contributed by atoms with Crippen molar-refractivity contribution in [3.8, 4) is 6.07 Å². The topological polar surface area (TPSA) is 47.3 Å². The fourth-order valence-corrected chi connectivity index (χ4v) is 3.35. The summed E-state index contributed by atoms with van der Waals surface area (Å²) >= 11 is 0. The van der Waals surface area contributed by atoms with Crippen LogP contribution >= 0.6 is 0 Å². The Morgan fingerprint density at radius 2 is 1.72 bits per heavy atom. The summed E-state index contributed by atoms with van der Waals surface area (Å²) in [5.41, 5.74) is -2.11. The molecule has 0 saturated carbocycles. The van der Waals surface area contributed by atoms with Crippen LogP contribution in [0.15, 0.2) is 54.9 Å². The second kappa shape index (κ2) is 6.92. The first-order valence-electron chi connectivity index (χ1n) is 8.62. The number of carbonyl (C=O) groups excluding carboxylic acids is 1. The van der Waals surface area contributed by atoms with E-state index in [2.05, 4.69) is 6.58 Å². The molecule has 0 bridgehead atoms. The molecule has 1 fully saturated rings. The molecule has 0 N–H and O–H groups in total. The summed E-state index contributed by atoms with van der Waals surface area (Å²) in [5.74, 6) is -0.722. The van der Waals surface area contributed by atoms with Crippen LogP contribution in [-0.2, 0) is 11.0 Å². The van der Waals surface area contributed by atoms with Gasteiger partial charge in [0.15, 0.2) is 5.54 Å². The van der Waals surface area contributed by atoms with E-state index in [4.69, 9.17) is 5.26 Å². The Bertz CT molecular complexity index is 1020. The standard InChI is InChI=1S/C21H17F4N3O/c1-13-4-7-16(8-5-13)28-14(2)27(19(29)20(28,3)12-22)17-9-6-15(11-26)18(10-17)21(23,24)25/h4-10H,2,12H2,1,3H3. The Morgan fingerprint density at radius 3 is 2.24 bits per heavy atom. The Kier molecular flexibility index (Phi) is 4.87. The van der Waals surface area contributed by atoms with E-state index in [1.54, 1.807) is 24.3 Å². The van der Waals surface area contributed by atoms with Crippen LogP contribution in [0.2, 0.25) is 0 Å². The quantitative estimate of drug-likeness (QED) is 0.682. The maximum Gasteiger partial charge on any atom is 0.417 e. The number of amides is 1. The second-order valence-electron chi connectivity index (χ2n) is 6.97. The van der Waals surface area contributed by atoms with Crippen molar-refractivity contribution < 1.29 is 22.4 Å². The lowest BCUT2D eigenvalue weighted by Gasteiger charge is -2.31. The lowest BCUT2D eigenvalue weighted by molar-refractivity contribution is -0.137. The highest BCUT2D eigenvalue weighted by Gasteiger charge is 2.53. The molecule has 0 aliphatic carbocycles. The minimum atomic E-state index is -4.79. The van der Waals surface area contributed by atoms with Crippen LogP contribution in [0.3, 0.4) is 0 Å². The number of nitrogens with zero attached hydrogens (tertiary/aromatic N) is 3. The normalized spacial score (nSPS) is 19.6. The number of hydrogen-bond donors (Lipinski definition) is 0. The lowest BCUT2D eigenvalue weighted by atomic mass is 10.0. The van der Waals surface area contributed by atoms with Crippen molar-refractivity contribution in [2.24, 2.45) is 0 Å². The van der Waals surface area contributed by atoms with Gasteiger partial charge in [-0.05, 0) is 44.2 Å². The van der Waals surface area contributed by atoms with E-state index in [0.717, 1.165) is 16.5 Å². The highest BCUT2D eigenvalue weighted by molar-refractivity contribution is 6.10. The first kappa shape index (κ1) is 20.4. The molecule has 1 saturated heterocycles. The molecule has 3 rings (SSSR count). The highest BCUT2D eigenvalue weighted by atomic mass is 19.4. The molecule has 4 nitrogen and oxygen atoms in total. The summed E-state index contributed by atoms with van der Waals surface area (Å²) in [6.45, 7) is 6.00. The van der Waals surface area contributed by atoms with E-state index in [1.807, 2.05) is 6.92 Å². The van der Waals surface area contributed by atoms with Crippen LogP contribution in [0, 0.1) is 18.3 Å². The van der Waals surface area contributed by atoms with Crippen molar-refractivity contribution in [3.63, 3.8) is 0 Å². The maximum atomic E-state index is 14.0. The number of anilines is 2. The Balaban J connectivity index is 2.14. The molecule has 0 spiro atoms. The molecule has 2 aromatic rings. The molecule has 2 aromatic carbocycles. The monoisotopic (exact) mass is 403 g/mol. The van der Waals surface area contributed by atoms with Gasteiger partial charge in [-0.15, -0.1) is 0 Å². The molecule has 1 atom stereocenters. The van der Waals surface area contributed by atoms with Crippen molar-refractivity contribution >= 4 is 17.3 Å². The van der Waals surface area contributed by atoms with Crippen LogP contribution in [0.5, 0.6) is 0 Å². The van der Waals surface area contributed by atoms with Gasteiger partial charge in [-0.3, -0.25) is 9.69 Å². The average molecular weight is 403 g/mol. The average Bonchev–Trinajstić information content (AvgIpc) is 2.88. The first-order chi connectivity index (χ1) is 13.5. The highest BCUT2D eigenvalue weighted by Crippen LogP contribution is 2.42. The van der Waals surface area contributed by atoms with E-state index in [1.165, 1.54) is 24.0 Å². The second-order valence-corrected chi connectivity index (χ2v) is 6.97. The molecule has 1 aliphatic rings. The molecule has 150 valence electrons. The summed E-state index contributed by atoms with van der Waals surface area (Å²) < 4.78 is 54.1. The van der Waals surface area contributed by atoms with Gasteiger partial charge < -0.3 is 4.90 Å². The van der Waals surface area contributed by atoms with Crippen molar-refractivity contribution in [1.82, 2.24) is 0 Å². The summed E-state index contributed by atoms with van der Waals surface area (Å²) in [6, 6.07) is 11.3. The number of aryl methyl sites for hydroxylation is 1. The van der Waals surface area contributed by atoms with Gasteiger partial charge in [0, 0.05) is 5.69 Å². The van der Waals surface area contributed by atoms with E-state index in [-0.39, 0.29) is 11.5 Å². The molecule has 1 unspecified atom stereocenters. The van der Waals surface area contributed by atoms with Gasteiger partial charge in [0.25, 0.3) is 5.91 Å². The molecule has 29 heavy (non-hydrogen) atoms. The van der Waals surface area contributed by atoms with Crippen LogP contribution in [0.4, 0.5) is 28.9 Å². The first-order valence-corrected chi connectivity index (χ1v) is 8.62. The van der Waals surface area contributed by atoms with Gasteiger partial charge in [-0.2, -0.15) is 18.4 Å². The zero-order valence-corrected chi connectivity index (χ0v) is 15.7. The van der Waals surface area contributed by atoms with Gasteiger partial charge >= 0.3 is 6.18 Å². The smallest absolute Gasteiger partial charge is 0.310 e. The fourth-order valence-electron chi connectivity index (χ4n) is 3.35. The minimum Gasteiger partial charge on any atom is -0.310 e. The number of hydrogen-bond acceptors (Lipinski definition) is 3. The van der Waals surface area contributed by atoms with Crippen molar-refractivity contribution in [3.05, 3.63) is 71.6 Å². The van der Waals surface area contributed by atoms with Crippen molar-refractivity contribution in [2.45, 2.75) is 25.6 Å². The number of alkyl halides is 4. The number of rotatable bonds is 3. The van der Waals surface area contributed by atoms with Crippen LogP contribution in [0.25, 0.3) is 0 Å². The Hall–Kier alpha value is -3.34. The maximum absolute atomic E-state index is 14.0. The number of halogens is 4. The van der Waals surface area contributed by atoms with Gasteiger partial charge in [-0.1, -0.05) is 24.3 Å². The zero-order chi connectivity index (χ0) is 21.6. The molecular formula is C21H17F4N3O. The molecule has 8 heteroatoms. The third-order valence-corrected chi connectivity index (χ3v) is 4.91. The summed E-state index contributed by atoms with van der Waals surface area (Å²) in [4.78, 5) is 15.4. The largest absolute Gasteiger partial charge is 0.417 e. The molecular weight excluding hydrogens is 386 g/mol. The Morgan fingerprint density at radius 1 is 1.14 bits per heavy atom. The zero-order valence-electron chi connectivity index (χ0n) is 15.7. The third kappa shape index (κ3) is 3.23. The molecule has 1 aliphatic heterocycles. The lowest BCUT2D eigenvalue weighted by Crippen LogP contribution is -2.48. The summed E-state index contributed by atoms with van der Waals surface area (Å²) in [7, 11) is 0. The number of benzene rings is 2. The van der Waals surface area contributed by atoms with Crippen molar-refractivity contribution in [2.75, 3.05) is 16.5 Å². The van der Waals surface area contributed by atoms with E-state index in [0.29, 0.717) is 11.8 Å². The third-order valence-electron chi connectivity index (χ3n) is 4.91. The van der Waals surface area contributed by atoms with Crippen LogP contribution in [-0.4, -0.2) is 18.1 Å². The van der Waals surface area contributed by atoms with E-state index < -0.39 is 35.4 Å². The molecule has 1 heterocycles. The van der Waals surface area contributed by atoms with Gasteiger partial charge in [0.2, 0.25) is 0 Å². The van der Waals surface area contributed by atoms with Gasteiger partial charge in [-0.25, -0.2) is 4.39 Å². The van der Waals surface area contributed by atoms with E-state index in [9.17, 15) is 22.4 Å². The van der Waals surface area contributed by atoms with Crippen molar-refractivity contribution in [1.29, 1.82) is 5.26 Å². The SMILES string of the molecule is C=C1N(c2ccc(C#N)c(C(F)(F)F)c2)C(=O)C(C)(CF)N1c1ccc(C)cc1. The molecule has 0 aromatic heterocycles. The van der Waals surface area contributed by atoms with E-state index >= 15 is 0 Å². The van der Waals surface area contributed by atoms with Gasteiger partial charge in [0.05, 0.1) is 22.9 Å². The minimum absolute atomic E-state index is 0.0248. The predicted molar refractivity (Wildman–Crippen MR) is 101 cm³/mol. The predicted octanol–water partition coefficient (Wildman–Crippen LogP) is 4.94. The molecule has 0 radical (unpaired) electrons.